The van der Waals surface area contributed by atoms with E-state index in [4.69, 9.17) is 23.7 Å². The van der Waals surface area contributed by atoms with Gasteiger partial charge in [0.25, 0.3) is 0 Å². The number of para-hydroxylation sites is 1. The molecule has 10 nitrogen and oxygen atoms in total. The summed E-state index contributed by atoms with van der Waals surface area (Å²) in [6, 6.07) is 18.1. The highest BCUT2D eigenvalue weighted by atomic mass is 32.1. The first-order valence-electron chi connectivity index (χ1n) is 13.5. The molecular weight excluding hydrogens is 562 g/mol. The monoisotopic (exact) mass is 593 g/mol. The van der Waals surface area contributed by atoms with Crippen molar-refractivity contribution in [2.24, 2.45) is 0 Å². The van der Waals surface area contributed by atoms with Gasteiger partial charge >= 0.3 is 23.9 Å². The molecule has 5 atom stereocenters. The van der Waals surface area contributed by atoms with Gasteiger partial charge in [-0.25, -0.2) is 0 Å². The summed E-state index contributed by atoms with van der Waals surface area (Å²) in [5, 5.41) is 2.13. The number of fused-ring (bicyclic) bond motifs is 2. The number of hydrogen-bond donors (Lipinski definition) is 0. The number of thiophene rings is 1. The number of hydrogen-bond acceptors (Lipinski definition) is 10. The second-order valence-electron chi connectivity index (χ2n) is 10.1. The Balaban J connectivity index is 1.61. The highest BCUT2D eigenvalue weighted by molar-refractivity contribution is 7.19. The number of nitrogens with zero attached hydrogens (tertiary/aromatic N) is 1. The van der Waals surface area contributed by atoms with Gasteiger partial charge < -0.3 is 28.3 Å². The minimum absolute atomic E-state index is 0.290. The molecule has 1 saturated heterocycles. The number of carbonyl (C=O) groups excluding carboxylic acids is 4. The Kier molecular flexibility index (Phi) is 8.60. The molecule has 2 aromatic heterocycles. The van der Waals surface area contributed by atoms with Gasteiger partial charge in [0.15, 0.2) is 24.5 Å². The molecule has 42 heavy (non-hydrogen) atoms. The van der Waals surface area contributed by atoms with Crippen molar-refractivity contribution < 1.29 is 42.9 Å². The van der Waals surface area contributed by atoms with Crippen LogP contribution in [0, 0.1) is 0 Å². The number of esters is 4. The quantitative estimate of drug-likeness (QED) is 0.211. The maximum atomic E-state index is 12.3. The lowest BCUT2D eigenvalue weighted by Gasteiger charge is -2.44. The zero-order valence-electron chi connectivity index (χ0n) is 23.6. The standard InChI is InChI=1S/C31H31NO9S/c1-17(33)37-16-26-28(38-18(2)34)29(39-19(3)35)30(40-20(4)36)31(41-26)32-15-22(24-10-6-7-11-25(24)32)14-23-13-21-9-5-8-12-27(21)42-23/h5-13,15,26,28-31H,14,16H2,1-4H3/t26?,28-,29?,30-,31?/m1/s1. The Morgan fingerprint density at radius 1 is 0.810 bits per heavy atom. The van der Waals surface area contributed by atoms with Crippen LogP contribution < -0.4 is 0 Å². The van der Waals surface area contributed by atoms with Crippen molar-refractivity contribution in [1.29, 1.82) is 0 Å². The average molecular weight is 594 g/mol. The molecule has 1 aliphatic rings. The van der Waals surface area contributed by atoms with Gasteiger partial charge in [-0.2, -0.15) is 0 Å². The topological polar surface area (TPSA) is 119 Å². The summed E-state index contributed by atoms with van der Waals surface area (Å²) in [5.41, 5.74) is 1.79. The average Bonchev–Trinajstić information content (AvgIpc) is 3.50. The fourth-order valence-electron chi connectivity index (χ4n) is 5.37. The molecule has 0 spiro atoms. The van der Waals surface area contributed by atoms with Crippen LogP contribution in [0.2, 0.25) is 0 Å². The minimum Gasteiger partial charge on any atom is -0.463 e. The van der Waals surface area contributed by atoms with Crippen molar-refractivity contribution in [2.75, 3.05) is 6.61 Å². The largest absolute Gasteiger partial charge is 0.463 e. The van der Waals surface area contributed by atoms with Crippen LogP contribution in [-0.4, -0.2) is 59.5 Å². The Bertz CT molecular complexity index is 1610. The summed E-state index contributed by atoms with van der Waals surface area (Å²) in [5.74, 6) is -2.57. The molecule has 4 aromatic rings. The highest BCUT2D eigenvalue weighted by Crippen LogP contribution is 2.38. The molecule has 220 valence electrons. The molecule has 3 unspecified atom stereocenters. The predicted octanol–water partition coefficient (Wildman–Crippen LogP) is 4.70. The van der Waals surface area contributed by atoms with Gasteiger partial charge in [0.05, 0.1) is 5.52 Å². The van der Waals surface area contributed by atoms with Gasteiger partial charge in [-0.05, 0) is 29.1 Å². The molecule has 0 aliphatic carbocycles. The van der Waals surface area contributed by atoms with Crippen molar-refractivity contribution in [3.8, 4) is 0 Å². The molecule has 3 heterocycles. The first kappa shape index (κ1) is 29.3. The molecule has 0 bridgehead atoms. The van der Waals surface area contributed by atoms with Crippen LogP contribution in [0.4, 0.5) is 0 Å². The molecule has 0 amide bonds. The molecule has 0 radical (unpaired) electrons. The molecule has 1 aliphatic heterocycles. The predicted molar refractivity (Wildman–Crippen MR) is 154 cm³/mol. The Morgan fingerprint density at radius 2 is 1.45 bits per heavy atom. The summed E-state index contributed by atoms with van der Waals surface area (Å²) in [4.78, 5) is 49.5. The number of benzene rings is 2. The minimum atomic E-state index is -1.25. The lowest BCUT2D eigenvalue weighted by molar-refractivity contribution is -0.267. The fourth-order valence-corrected chi connectivity index (χ4v) is 6.46. The van der Waals surface area contributed by atoms with Crippen molar-refractivity contribution in [3.63, 3.8) is 0 Å². The van der Waals surface area contributed by atoms with E-state index in [2.05, 4.69) is 18.2 Å². The van der Waals surface area contributed by atoms with E-state index >= 15 is 0 Å². The van der Waals surface area contributed by atoms with Crippen molar-refractivity contribution in [1.82, 2.24) is 4.57 Å². The molecule has 2 aromatic carbocycles. The van der Waals surface area contributed by atoms with Gasteiger partial charge in [0, 0.05) is 55.3 Å². The van der Waals surface area contributed by atoms with Crippen molar-refractivity contribution >= 4 is 56.2 Å². The summed E-state index contributed by atoms with van der Waals surface area (Å²) in [7, 11) is 0. The van der Waals surface area contributed by atoms with Gasteiger partial charge in [0.2, 0.25) is 0 Å². The molecule has 11 heteroatoms. The molecule has 0 N–H and O–H groups in total. The maximum absolute atomic E-state index is 12.3. The summed E-state index contributed by atoms with van der Waals surface area (Å²) < 4.78 is 31.5. The van der Waals surface area contributed by atoms with E-state index in [0.29, 0.717) is 6.42 Å². The smallest absolute Gasteiger partial charge is 0.303 e. The van der Waals surface area contributed by atoms with Crippen LogP contribution in [0.1, 0.15) is 44.4 Å². The van der Waals surface area contributed by atoms with Crippen molar-refractivity contribution in [2.45, 2.75) is 64.8 Å². The number of ether oxygens (including phenoxy) is 5. The highest BCUT2D eigenvalue weighted by Gasteiger charge is 2.53. The van der Waals surface area contributed by atoms with Gasteiger partial charge in [0.1, 0.15) is 12.7 Å². The second kappa shape index (κ2) is 12.3. The van der Waals surface area contributed by atoms with E-state index < -0.39 is 54.5 Å². The maximum Gasteiger partial charge on any atom is 0.303 e. The van der Waals surface area contributed by atoms with E-state index in [1.807, 2.05) is 47.2 Å². The van der Waals surface area contributed by atoms with E-state index in [-0.39, 0.29) is 6.61 Å². The lowest BCUT2D eigenvalue weighted by Crippen LogP contribution is -2.60. The van der Waals surface area contributed by atoms with Gasteiger partial charge in [-0.1, -0.05) is 36.4 Å². The van der Waals surface area contributed by atoms with E-state index in [1.54, 1.807) is 11.3 Å². The van der Waals surface area contributed by atoms with E-state index in [1.165, 1.54) is 42.7 Å². The third-order valence-corrected chi connectivity index (χ3v) is 8.02. The third-order valence-electron chi connectivity index (χ3n) is 6.90. The normalized spacial score (nSPS) is 22.0. The van der Waals surface area contributed by atoms with Gasteiger partial charge in [-0.15, -0.1) is 11.3 Å². The van der Waals surface area contributed by atoms with Gasteiger partial charge in [-0.3, -0.25) is 19.2 Å². The number of carbonyl (C=O) groups is 4. The van der Waals surface area contributed by atoms with Crippen molar-refractivity contribution in [3.05, 3.63) is 71.2 Å². The van der Waals surface area contributed by atoms with Crippen LogP contribution >= 0.6 is 11.3 Å². The summed E-state index contributed by atoms with van der Waals surface area (Å²) >= 11 is 1.71. The lowest BCUT2D eigenvalue weighted by atomic mass is 9.97. The molecular formula is C31H31NO9S. The SMILES string of the molecule is CC(=O)OCC1OC(n2cc(Cc3cc4ccccc4s3)c3ccccc32)[C@H](OC(C)=O)C(OC(C)=O)[C@@H]1OC(C)=O. The first-order chi connectivity index (χ1) is 20.1. The Labute approximate surface area is 246 Å². The van der Waals surface area contributed by atoms with Crippen LogP contribution in [0.25, 0.3) is 21.0 Å². The van der Waals surface area contributed by atoms with Crippen LogP contribution in [0.3, 0.4) is 0 Å². The molecule has 1 fully saturated rings. The second-order valence-corrected chi connectivity index (χ2v) is 11.3. The Morgan fingerprint density at radius 3 is 2.14 bits per heavy atom. The van der Waals surface area contributed by atoms with Crippen LogP contribution in [0.5, 0.6) is 0 Å². The number of aromatic nitrogens is 1. The third kappa shape index (κ3) is 6.32. The molecule has 0 saturated carbocycles. The summed E-state index contributed by atoms with van der Waals surface area (Å²) in [6.07, 6.45) is -3.16. The first-order valence-corrected chi connectivity index (χ1v) is 14.3. The Hall–Kier alpha value is -4.22. The number of rotatable bonds is 8. The zero-order chi connectivity index (χ0) is 30.0. The van der Waals surface area contributed by atoms with E-state index in [9.17, 15) is 19.2 Å². The summed E-state index contributed by atoms with van der Waals surface area (Å²) in [6.45, 7) is 4.58. The fraction of sp³-hybridized carbons (Fsp3) is 0.355. The molecule has 5 rings (SSSR count). The van der Waals surface area contributed by atoms with E-state index in [0.717, 1.165) is 16.5 Å². The zero-order valence-corrected chi connectivity index (χ0v) is 24.4. The van der Waals surface area contributed by atoms with Crippen LogP contribution in [-0.2, 0) is 49.3 Å². The van der Waals surface area contributed by atoms with Crippen LogP contribution in [0.15, 0.2) is 60.8 Å².